The van der Waals surface area contributed by atoms with Crippen LogP contribution in [0.5, 0.6) is 0 Å². The van der Waals surface area contributed by atoms with Crippen molar-refractivity contribution < 1.29 is 0 Å². The van der Waals surface area contributed by atoms with Crippen LogP contribution in [0.25, 0.3) is 10.9 Å². The van der Waals surface area contributed by atoms with E-state index in [1.54, 1.807) is 0 Å². The Morgan fingerprint density at radius 3 is 2.50 bits per heavy atom. The van der Waals surface area contributed by atoms with Gasteiger partial charge in [0.2, 0.25) is 0 Å². The van der Waals surface area contributed by atoms with Crippen LogP contribution in [0.4, 0.5) is 0 Å². The zero-order valence-corrected chi connectivity index (χ0v) is 14.2. The Kier molecular flexibility index (Phi) is 4.48. The molecule has 0 amide bonds. The van der Waals surface area contributed by atoms with Crippen LogP contribution in [0.15, 0.2) is 60.8 Å². The van der Waals surface area contributed by atoms with E-state index in [0.29, 0.717) is 0 Å². The van der Waals surface area contributed by atoms with E-state index in [9.17, 15) is 0 Å². The van der Waals surface area contributed by atoms with E-state index in [4.69, 9.17) is 11.6 Å². The molecule has 24 heavy (non-hydrogen) atoms. The van der Waals surface area contributed by atoms with Crippen LogP contribution in [0.3, 0.4) is 0 Å². The Hall–Kier alpha value is -1.94. The summed E-state index contributed by atoms with van der Waals surface area (Å²) in [5, 5.41) is 5.44. The standard InChI is InChI=1S/C20H20ClN3/c21-16-7-5-15(6-8-16)20(24-13-11-22-12-14-24)18-9-10-23-19-4-2-1-3-17(18)19/h1-10,20,22H,11-14H2. The zero-order chi connectivity index (χ0) is 16.4. The number of nitrogens with one attached hydrogen (secondary N) is 1. The second kappa shape index (κ2) is 6.89. The third-order valence-corrected chi connectivity index (χ3v) is 4.93. The zero-order valence-electron chi connectivity index (χ0n) is 13.5. The maximum atomic E-state index is 6.11. The van der Waals surface area contributed by atoms with Crippen molar-refractivity contribution in [3.05, 3.63) is 76.9 Å². The number of para-hydroxylation sites is 1. The van der Waals surface area contributed by atoms with Gasteiger partial charge in [-0.25, -0.2) is 0 Å². The minimum absolute atomic E-state index is 0.220. The molecule has 1 aliphatic rings. The van der Waals surface area contributed by atoms with Crippen molar-refractivity contribution >= 4 is 22.5 Å². The summed E-state index contributed by atoms with van der Waals surface area (Å²) in [5.41, 5.74) is 3.63. The van der Waals surface area contributed by atoms with Gasteiger partial charge in [0, 0.05) is 42.8 Å². The molecule has 1 saturated heterocycles. The van der Waals surface area contributed by atoms with Gasteiger partial charge in [-0.2, -0.15) is 0 Å². The van der Waals surface area contributed by atoms with Gasteiger partial charge in [0.25, 0.3) is 0 Å². The molecule has 1 N–H and O–H groups in total. The Bertz CT molecular complexity index is 820. The molecule has 122 valence electrons. The lowest BCUT2D eigenvalue weighted by molar-refractivity contribution is 0.199. The lowest BCUT2D eigenvalue weighted by Gasteiger charge is -2.36. The topological polar surface area (TPSA) is 28.2 Å². The number of rotatable bonds is 3. The lowest BCUT2D eigenvalue weighted by atomic mass is 9.94. The molecule has 0 radical (unpaired) electrons. The number of hydrogen-bond donors (Lipinski definition) is 1. The molecule has 1 aliphatic heterocycles. The maximum absolute atomic E-state index is 6.11. The van der Waals surface area contributed by atoms with Crippen LogP contribution in [0, 0.1) is 0 Å². The Morgan fingerprint density at radius 2 is 1.71 bits per heavy atom. The van der Waals surface area contributed by atoms with Crippen LogP contribution in [0.1, 0.15) is 17.2 Å². The first kappa shape index (κ1) is 15.6. The average Bonchev–Trinajstić information content (AvgIpc) is 2.65. The Morgan fingerprint density at radius 1 is 0.958 bits per heavy atom. The van der Waals surface area contributed by atoms with Gasteiger partial charge in [-0.05, 0) is 35.4 Å². The number of aromatic nitrogens is 1. The third kappa shape index (κ3) is 3.03. The maximum Gasteiger partial charge on any atom is 0.0705 e. The van der Waals surface area contributed by atoms with E-state index in [2.05, 4.69) is 51.6 Å². The predicted molar refractivity (Wildman–Crippen MR) is 99.5 cm³/mol. The van der Waals surface area contributed by atoms with Crippen molar-refractivity contribution in [1.82, 2.24) is 15.2 Å². The number of nitrogens with zero attached hydrogens (tertiary/aromatic N) is 2. The molecular formula is C20H20ClN3. The summed E-state index contributed by atoms with van der Waals surface area (Å²) in [6.07, 6.45) is 1.92. The second-order valence-electron chi connectivity index (χ2n) is 6.16. The molecular weight excluding hydrogens is 318 g/mol. The predicted octanol–water partition coefficient (Wildman–Crippen LogP) is 3.88. The lowest BCUT2D eigenvalue weighted by Crippen LogP contribution is -2.45. The number of halogens is 1. The summed E-state index contributed by atoms with van der Waals surface area (Å²) >= 11 is 6.11. The normalized spacial score (nSPS) is 17.0. The quantitative estimate of drug-likeness (QED) is 0.786. The number of hydrogen-bond acceptors (Lipinski definition) is 3. The minimum Gasteiger partial charge on any atom is -0.314 e. The fraction of sp³-hybridized carbons (Fsp3) is 0.250. The van der Waals surface area contributed by atoms with Crippen molar-refractivity contribution in [2.24, 2.45) is 0 Å². The molecule has 0 bridgehead atoms. The highest BCUT2D eigenvalue weighted by Gasteiger charge is 2.25. The molecule has 1 atom stereocenters. The van der Waals surface area contributed by atoms with Crippen LogP contribution < -0.4 is 5.32 Å². The Labute approximate surface area is 147 Å². The van der Waals surface area contributed by atoms with Crippen LogP contribution >= 0.6 is 11.6 Å². The monoisotopic (exact) mass is 337 g/mol. The van der Waals surface area contributed by atoms with E-state index < -0.39 is 0 Å². The second-order valence-corrected chi connectivity index (χ2v) is 6.59. The van der Waals surface area contributed by atoms with Gasteiger partial charge in [0.05, 0.1) is 11.6 Å². The molecule has 1 aromatic heterocycles. The first-order valence-electron chi connectivity index (χ1n) is 8.37. The molecule has 3 aromatic rings. The molecule has 0 aliphatic carbocycles. The molecule has 0 saturated carbocycles. The summed E-state index contributed by atoms with van der Waals surface area (Å²) in [7, 11) is 0. The number of pyridine rings is 1. The number of fused-ring (bicyclic) bond motifs is 1. The van der Waals surface area contributed by atoms with Crippen molar-refractivity contribution in [3.63, 3.8) is 0 Å². The average molecular weight is 338 g/mol. The van der Waals surface area contributed by atoms with E-state index in [0.717, 1.165) is 36.7 Å². The van der Waals surface area contributed by atoms with Gasteiger partial charge in [0.1, 0.15) is 0 Å². The van der Waals surface area contributed by atoms with Crippen molar-refractivity contribution in [3.8, 4) is 0 Å². The van der Waals surface area contributed by atoms with Gasteiger partial charge in [0.15, 0.2) is 0 Å². The molecule has 3 nitrogen and oxygen atoms in total. The summed E-state index contributed by atoms with van der Waals surface area (Å²) in [5.74, 6) is 0. The van der Waals surface area contributed by atoms with Gasteiger partial charge in [-0.1, -0.05) is 41.9 Å². The van der Waals surface area contributed by atoms with Gasteiger partial charge in [-0.15, -0.1) is 0 Å². The van der Waals surface area contributed by atoms with E-state index >= 15 is 0 Å². The van der Waals surface area contributed by atoms with E-state index in [1.165, 1.54) is 16.5 Å². The summed E-state index contributed by atoms with van der Waals surface area (Å²) < 4.78 is 0. The molecule has 2 aromatic carbocycles. The molecule has 4 heteroatoms. The van der Waals surface area contributed by atoms with E-state index in [1.807, 2.05) is 24.4 Å². The van der Waals surface area contributed by atoms with Gasteiger partial charge in [-0.3, -0.25) is 9.88 Å². The molecule has 1 unspecified atom stereocenters. The van der Waals surface area contributed by atoms with Crippen molar-refractivity contribution in [1.29, 1.82) is 0 Å². The van der Waals surface area contributed by atoms with Gasteiger partial charge >= 0.3 is 0 Å². The molecule has 4 rings (SSSR count). The summed E-state index contributed by atoms with van der Waals surface area (Å²) in [4.78, 5) is 7.07. The fourth-order valence-corrected chi connectivity index (χ4v) is 3.65. The smallest absolute Gasteiger partial charge is 0.0705 e. The fourth-order valence-electron chi connectivity index (χ4n) is 3.53. The third-order valence-electron chi connectivity index (χ3n) is 4.68. The summed E-state index contributed by atoms with van der Waals surface area (Å²) in [6, 6.07) is 19.0. The first-order valence-corrected chi connectivity index (χ1v) is 8.74. The van der Waals surface area contributed by atoms with Gasteiger partial charge < -0.3 is 5.32 Å². The first-order chi connectivity index (χ1) is 11.8. The highest BCUT2D eigenvalue weighted by Crippen LogP contribution is 2.33. The SMILES string of the molecule is Clc1ccc(C(c2ccnc3ccccc23)N2CCNCC2)cc1. The summed E-state index contributed by atoms with van der Waals surface area (Å²) in [6.45, 7) is 4.11. The molecule has 0 spiro atoms. The van der Waals surface area contributed by atoms with Crippen molar-refractivity contribution in [2.45, 2.75) is 6.04 Å². The number of benzene rings is 2. The largest absolute Gasteiger partial charge is 0.314 e. The molecule has 2 heterocycles. The van der Waals surface area contributed by atoms with Crippen LogP contribution in [-0.2, 0) is 0 Å². The highest BCUT2D eigenvalue weighted by molar-refractivity contribution is 6.30. The van der Waals surface area contributed by atoms with E-state index in [-0.39, 0.29) is 6.04 Å². The number of piperazine rings is 1. The highest BCUT2D eigenvalue weighted by atomic mass is 35.5. The minimum atomic E-state index is 0.220. The van der Waals surface area contributed by atoms with Crippen LogP contribution in [-0.4, -0.2) is 36.1 Å². The van der Waals surface area contributed by atoms with Crippen molar-refractivity contribution in [2.75, 3.05) is 26.2 Å². The molecule has 1 fully saturated rings. The Balaban J connectivity index is 1.86. The van der Waals surface area contributed by atoms with Crippen LogP contribution in [0.2, 0.25) is 5.02 Å².